The van der Waals surface area contributed by atoms with Gasteiger partial charge < -0.3 is 10.2 Å². The lowest BCUT2D eigenvalue weighted by atomic mass is 10.3. The van der Waals surface area contributed by atoms with Crippen LogP contribution in [0.25, 0.3) is 0 Å². The Morgan fingerprint density at radius 3 is 3.00 bits per heavy atom. The van der Waals surface area contributed by atoms with E-state index in [0.29, 0.717) is 17.6 Å². The van der Waals surface area contributed by atoms with Gasteiger partial charge in [0.1, 0.15) is 5.15 Å². The molecule has 1 N–H and O–H groups in total. The van der Waals surface area contributed by atoms with E-state index in [9.17, 15) is 4.79 Å². The third-order valence-electron chi connectivity index (χ3n) is 2.95. The fourth-order valence-electron chi connectivity index (χ4n) is 2.02. The predicted octanol–water partition coefficient (Wildman–Crippen LogP) is 2.05. The second kappa shape index (κ2) is 3.63. The van der Waals surface area contributed by atoms with Gasteiger partial charge in [-0.3, -0.25) is 4.79 Å². The van der Waals surface area contributed by atoms with Crippen molar-refractivity contribution >= 4 is 29.0 Å². The summed E-state index contributed by atoms with van der Waals surface area (Å²) in [5.74, 6) is 0.870. The van der Waals surface area contributed by atoms with Crippen molar-refractivity contribution in [2.24, 2.45) is 0 Å². The molecule has 2 heterocycles. The highest BCUT2D eigenvalue weighted by Crippen LogP contribution is 2.36. The molecule has 0 radical (unpaired) electrons. The van der Waals surface area contributed by atoms with Crippen molar-refractivity contribution in [1.29, 1.82) is 0 Å². The first-order valence-corrected chi connectivity index (χ1v) is 5.85. The summed E-state index contributed by atoms with van der Waals surface area (Å²) in [4.78, 5) is 18.0. The van der Waals surface area contributed by atoms with Crippen LogP contribution in [0.5, 0.6) is 0 Å². The highest BCUT2D eigenvalue weighted by molar-refractivity contribution is 6.29. The fraction of sp³-hybridized carbons (Fsp3) is 0.455. The minimum absolute atomic E-state index is 0.0496. The molecule has 1 aliphatic carbocycles. The molecule has 2 aliphatic rings. The molecular weight excluding hydrogens is 226 g/mol. The van der Waals surface area contributed by atoms with Crippen LogP contribution in [0.4, 0.5) is 11.5 Å². The van der Waals surface area contributed by atoms with Gasteiger partial charge in [-0.05, 0) is 25.0 Å². The van der Waals surface area contributed by atoms with Crippen molar-refractivity contribution in [3.63, 3.8) is 0 Å². The summed E-state index contributed by atoms with van der Waals surface area (Å²) in [7, 11) is 0. The molecule has 1 aromatic rings. The Kier molecular flexibility index (Phi) is 2.24. The Bertz CT molecular complexity index is 445. The number of carbonyl (C=O) groups excluding carboxylic acids is 1. The minimum atomic E-state index is 0.0496. The van der Waals surface area contributed by atoms with E-state index in [1.54, 1.807) is 6.07 Å². The first kappa shape index (κ1) is 9.90. The van der Waals surface area contributed by atoms with Gasteiger partial charge in [0.15, 0.2) is 5.82 Å². The van der Waals surface area contributed by atoms with Crippen molar-refractivity contribution in [3.8, 4) is 0 Å². The molecule has 0 unspecified atom stereocenters. The number of fused-ring (bicyclic) bond motifs is 1. The van der Waals surface area contributed by atoms with E-state index >= 15 is 0 Å². The van der Waals surface area contributed by atoms with E-state index in [0.717, 1.165) is 18.1 Å². The molecule has 1 saturated carbocycles. The Balaban J connectivity index is 2.04. The molecule has 0 aromatic carbocycles. The summed E-state index contributed by atoms with van der Waals surface area (Å²) in [6, 6.07) is 4.07. The minimum Gasteiger partial charge on any atom is -0.351 e. The van der Waals surface area contributed by atoms with Crippen molar-refractivity contribution in [3.05, 3.63) is 17.3 Å². The molecule has 0 saturated heterocycles. The van der Waals surface area contributed by atoms with Crippen LogP contribution in [-0.4, -0.2) is 23.5 Å². The quantitative estimate of drug-likeness (QED) is 0.761. The van der Waals surface area contributed by atoms with Crippen LogP contribution in [0.15, 0.2) is 12.1 Å². The van der Waals surface area contributed by atoms with Gasteiger partial charge in [-0.15, -0.1) is 0 Å². The van der Waals surface area contributed by atoms with E-state index in [1.807, 2.05) is 6.07 Å². The second-order valence-corrected chi connectivity index (χ2v) is 4.62. The Hall–Kier alpha value is -1.29. The molecule has 5 heteroatoms. The monoisotopic (exact) mass is 237 g/mol. The number of hydrogen-bond acceptors (Lipinski definition) is 3. The van der Waals surface area contributed by atoms with E-state index in [2.05, 4.69) is 15.2 Å². The number of nitrogens with one attached hydrogen (secondary N) is 1. The normalized spacial score (nSPS) is 20.1. The average Bonchev–Trinajstić information content (AvgIpc) is 3.05. The summed E-state index contributed by atoms with van der Waals surface area (Å²) in [6.07, 6.45) is 2.88. The SMILES string of the molecule is O=C1CCN(C2CC2)c2nc(Cl)ccc2N1. The number of anilines is 2. The molecule has 1 aliphatic heterocycles. The number of carbonyl (C=O) groups is 1. The van der Waals surface area contributed by atoms with E-state index in [-0.39, 0.29) is 5.91 Å². The average molecular weight is 238 g/mol. The number of amides is 1. The van der Waals surface area contributed by atoms with Gasteiger partial charge in [0.2, 0.25) is 5.91 Å². The molecule has 0 spiro atoms. The van der Waals surface area contributed by atoms with E-state index in [4.69, 9.17) is 11.6 Å². The largest absolute Gasteiger partial charge is 0.351 e. The molecule has 1 amide bonds. The first-order valence-electron chi connectivity index (χ1n) is 5.47. The van der Waals surface area contributed by atoms with Crippen molar-refractivity contribution in [1.82, 2.24) is 4.98 Å². The highest BCUT2D eigenvalue weighted by Gasteiger charge is 2.33. The first-order chi connectivity index (χ1) is 7.74. The van der Waals surface area contributed by atoms with Crippen LogP contribution >= 0.6 is 11.6 Å². The van der Waals surface area contributed by atoms with Crippen LogP contribution < -0.4 is 10.2 Å². The van der Waals surface area contributed by atoms with E-state index in [1.165, 1.54) is 12.8 Å². The molecule has 84 valence electrons. The lowest BCUT2D eigenvalue weighted by molar-refractivity contribution is -0.115. The van der Waals surface area contributed by atoms with Crippen LogP contribution in [0.3, 0.4) is 0 Å². The number of aromatic nitrogens is 1. The van der Waals surface area contributed by atoms with Crippen LogP contribution in [-0.2, 0) is 4.79 Å². The van der Waals surface area contributed by atoms with Gasteiger partial charge in [0.05, 0.1) is 5.69 Å². The van der Waals surface area contributed by atoms with Gasteiger partial charge >= 0.3 is 0 Å². The third-order valence-corrected chi connectivity index (χ3v) is 3.17. The molecular formula is C11H12ClN3O. The Morgan fingerprint density at radius 2 is 2.25 bits per heavy atom. The molecule has 16 heavy (non-hydrogen) atoms. The van der Waals surface area contributed by atoms with Gasteiger partial charge in [0.25, 0.3) is 0 Å². The van der Waals surface area contributed by atoms with Crippen LogP contribution in [0.2, 0.25) is 5.15 Å². The Labute approximate surface area is 98.6 Å². The standard InChI is InChI=1S/C11H12ClN3O/c12-9-4-3-8-11(14-9)15(7-1-2-7)6-5-10(16)13-8/h3-4,7H,1-2,5-6H2,(H,13,16). The topological polar surface area (TPSA) is 45.2 Å². The van der Waals surface area contributed by atoms with E-state index < -0.39 is 0 Å². The molecule has 0 bridgehead atoms. The number of hydrogen-bond donors (Lipinski definition) is 1. The van der Waals surface area contributed by atoms with Crippen molar-refractivity contribution < 1.29 is 4.79 Å². The maximum Gasteiger partial charge on any atom is 0.226 e. The van der Waals surface area contributed by atoms with Crippen LogP contribution in [0.1, 0.15) is 19.3 Å². The number of pyridine rings is 1. The molecule has 1 fully saturated rings. The zero-order chi connectivity index (χ0) is 11.1. The maximum atomic E-state index is 11.5. The second-order valence-electron chi connectivity index (χ2n) is 4.23. The molecule has 0 atom stereocenters. The number of rotatable bonds is 1. The van der Waals surface area contributed by atoms with Gasteiger partial charge in [0, 0.05) is 19.0 Å². The highest BCUT2D eigenvalue weighted by atomic mass is 35.5. The number of nitrogens with zero attached hydrogens (tertiary/aromatic N) is 2. The molecule has 1 aromatic heterocycles. The van der Waals surface area contributed by atoms with Gasteiger partial charge in [-0.1, -0.05) is 11.6 Å². The van der Waals surface area contributed by atoms with Crippen molar-refractivity contribution in [2.45, 2.75) is 25.3 Å². The third kappa shape index (κ3) is 1.73. The summed E-state index contributed by atoms with van der Waals surface area (Å²) in [5.41, 5.74) is 0.777. The van der Waals surface area contributed by atoms with Crippen LogP contribution in [0, 0.1) is 0 Å². The predicted molar refractivity (Wildman–Crippen MR) is 62.9 cm³/mol. The summed E-state index contributed by atoms with van der Waals surface area (Å²) >= 11 is 5.91. The lowest BCUT2D eigenvalue weighted by Gasteiger charge is -2.22. The maximum absolute atomic E-state index is 11.5. The smallest absolute Gasteiger partial charge is 0.226 e. The fourth-order valence-corrected chi connectivity index (χ4v) is 2.17. The molecule has 4 nitrogen and oxygen atoms in total. The zero-order valence-electron chi connectivity index (χ0n) is 8.74. The van der Waals surface area contributed by atoms with Gasteiger partial charge in [-0.2, -0.15) is 0 Å². The summed E-state index contributed by atoms with van der Waals surface area (Å²) in [5, 5.41) is 3.33. The molecule has 3 rings (SSSR count). The van der Waals surface area contributed by atoms with Gasteiger partial charge in [-0.25, -0.2) is 4.98 Å². The lowest BCUT2D eigenvalue weighted by Crippen LogP contribution is -2.27. The zero-order valence-corrected chi connectivity index (χ0v) is 9.50. The summed E-state index contributed by atoms with van der Waals surface area (Å²) in [6.45, 7) is 0.733. The summed E-state index contributed by atoms with van der Waals surface area (Å²) < 4.78 is 0. The number of halogens is 1. The Morgan fingerprint density at radius 1 is 1.44 bits per heavy atom. The van der Waals surface area contributed by atoms with Crippen molar-refractivity contribution in [2.75, 3.05) is 16.8 Å².